The maximum atomic E-state index is 12.4. The molecule has 36 heavy (non-hydrogen) atoms. The molecular formula is C27H43F2N5O2. The summed E-state index contributed by atoms with van der Waals surface area (Å²) in [5.41, 5.74) is 1.19. The minimum Gasteiger partial charge on any atom is -0.386 e. The fraction of sp³-hybridized carbons (Fsp3) is 0.481. The zero-order valence-electron chi connectivity index (χ0n) is 22.5. The number of nitrogens with one attached hydrogen (secondary N) is 2. The number of hydrogen-bond donors (Lipinski definition) is 2. The van der Waals surface area contributed by atoms with E-state index in [-0.39, 0.29) is 24.5 Å². The van der Waals surface area contributed by atoms with Crippen molar-refractivity contribution in [2.45, 2.75) is 39.7 Å². The highest BCUT2D eigenvalue weighted by molar-refractivity contribution is 6.45. The fourth-order valence-electron chi connectivity index (χ4n) is 2.94. The van der Waals surface area contributed by atoms with E-state index in [9.17, 15) is 18.4 Å². The number of halogens is 2. The molecule has 7 nitrogen and oxygen atoms in total. The number of aldehydes is 1. The smallest absolute Gasteiger partial charge is 0.271 e. The third kappa shape index (κ3) is 14.8. The van der Waals surface area contributed by atoms with Crippen molar-refractivity contribution in [2.75, 3.05) is 45.9 Å². The molecule has 1 saturated heterocycles. The lowest BCUT2D eigenvalue weighted by molar-refractivity contribution is -0.115. The van der Waals surface area contributed by atoms with Gasteiger partial charge in [0.25, 0.3) is 5.91 Å². The van der Waals surface area contributed by atoms with Crippen LogP contribution in [0.15, 0.2) is 66.0 Å². The van der Waals surface area contributed by atoms with Crippen molar-refractivity contribution < 1.29 is 18.4 Å². The predicted molar refractivity (Wildman–Crippen MR) is 147 cm³/mol. The molecule has 0 radical (unpaired) electrons. The van der Waals surface area contributed by atoms with Gasteiger partial charge in [0.2, 0.25) is 0 Å². The molecule has 1 atom stereocenters. The van der Waals surface area contributed by atoms with Crippen LogP contribution in [-0.4, -0.2) is 70.0 Å². The van der Waals surface area contributed by atoms with E-state index in [0.717, 1.165) is 43.7 Å². The van der Waals surface area contributed by atoms with Crippen LogP contribution in [0.1, 0.15) is 33.6 Å². The summed E-state index contributed by atoms with van der Waals surface area (Å²) in [6, 6.07) is 6.11. The van der Waals surface area contributed by atoms with Crippen LogP contribution in [0.5, 0.6) is 0 Å². The zero-order chi connectivity index (χ0) is 27.8. The molecule has 0 spiro atoms. The van der Waals surface area contributed by atoms with Crippen molar-refractivity contribution in [3.63, 3.8) is 0 Å². The molecule has 0 aliphatic carbocycles. The van der Waals surface area contributed by atoms with Gasteiger partial charge < -0.3 is 20.3 Å². The predicted octanol–water partition coefficient (Wildman–Crippen LogP) is 4.49. The number of rotatable bonds is 8. The largest absolute Gasteiger partial charge is 0.386 e. The van der Waals surface area contributed by atoms with Gasteiger partial charge in [-0.1, -0.05) is 37.3 Å². The van der Waals surface area contributed by atoms with Gasteiger partial charge in [-0.05, 0) is 38.8 Å². The van der Waals surface area contributed by atoms with Gasteiger partial charge in [-0.15, -0.1) is 6.58 Å². The first-order chi connectivity index (χ1) is 17.4. The summed E-state index contributed by atoms with van der Waals surface area (Å²) in [6.07, 6.45) is 11.1. The lowest BCUT2D eigenvalue weighted by atomic mass is 10.0. The minimum absolute atomic E-state index is 0.0185. The highest BCUT2D eigenvalue weighted by Gasteiger charge is 2.23. The van der Waals surface area contributed by atoms with Crippen LogP contribution in [-0.2, 0) is 9.59 Å². The topological polar surface area (TPSA) is 86.7 Å². The molecule has 1 unspecified atom stereocenters. The monoisotopic (exact) mass is 507 g/mol. The summed E-state index contributed by atoms with van der Waals surface area (Å²) in [5.74, 6) is 0.899. The zero-order valence-corrected chi connectivity index (χ0v) is 22.5. The van der Waals surface area contributed by atoms with E-state index >= 15 is 0 Å². The molecule has 2 N–H and O–H groups in total. The summed E-state index contributed by atoms with van der Waals surface area (Å²) in [5, 5.41) is 6.10. The molecule has 1 aromatic rings. The summed E-state index contributed by atoms with van der Waals surface area (Å²) in [7, 11) is 3.93. The number of anilines is 1. The molecule has 202 valence electrons. The van der Waals surface area contributed by atoms with Gasteiger partial charge in [-0.25, -0.2) is 9.37 Å². The Bertz CT molecular complexity index is 798. The first-order valence-corrected chi connectivity index (χ1v) is 11.8. The van der Waals surface area contributed by atoms with Crippen LogP contribution in [0.25, 0.3) is 0 Å². The Morgan fingerprint density at radius 2 is 1.94 bits per heavy atom. The third-order valence-electron chi connectivity index (χ3n) is 4.97. The van der Waals surface area contributed by atoms with Gasteiger partial charge in [-0.3, -0.25) is 14.2 Å². The van der Waals surface area contributed by atoms with E-state index in [1.165, 1.54) is 6.08 Å². The molecule has 1 aliphatic heterocycles. The maximum absolute atomic E-state index is 12.4. The second kappa shape index (κ2) is 23.4. The number of aliphatic imine (C=N–C) groups is 1. The van der Waals surface area contributed by atoms with Crippen LogP contribution < -0.4 is 15.5 Å². The molecule has 2 heterocycles. The van der Waals surface area contributed by atoms with Gasteiger partial charge in [0.15, 0.2) is 0 Å². The van der Waals surface area contributed by atoms with E-state index < -0.39 is 0 Å². The van der Waals surface area contributed by atoms with E-state index in [4.69, 9.17) is 0 Å². The Balaban J connectivity index is 0. The van der Waals surface area contributed by atoms with Gasteiger partial charge in [0.05, 0.1) is 12.9 Å². The fourth-order valence-corrected chi connectivity index (χ4v) is 2.94. The third-order valence-corrected chi connectivity index (χ3v) is 4.97. The lowest BCUT2D eigenvalue weighted by Crippen LogP contribution is -2.47. The lowest BCUT2D eigenvalue weighted by Gasteiger charge is -2.33. The van der Waals surface area contributed by atoms with E-state index in [1.54, 1.807) is 40.1 Å². The minimum atomic E-state index is -0.337. The first kappa shape index (κ1) is 34.8. The second-order valence-corrected chi connectivity index (χ2v) is 7.40. The van der Waals surface area contributed by atoms with Crippen molar-refractivity contribution >= 4 is 23.7 Å². The maximum Gasteiger partial charge on any atom is 0.271 e. The number of carbonyl (C=O) groups is 2. The Kier molecular flexibility index (Phi) is 22.6. The van der Waals surface area contributed by atoms with Crippen molar-refractivity contribution in [1.29, 1.82) is 0 Å². The van der Waals surface area contributed by atoms with Gasteiger partial charge in [0.1, 0.15) is 24.5 Å². The number of allylic oxidation sites excluding steroid dienone is 4. The summed E-state index contributed by atoms with van der Waals surface area (Å²) < 4.78 is 20.4. The molecule has 1 fully saturated rings. The number of hydrogen-bond acceptors (Lipinski definition) is 6. The van der Waals surface area contributed by atoms with Crippen LogP contribution >= 0.6 is 0 Å². The number of piperidine rings is 1. The Morgan fingerprint density at radius 3 is 2.28 bits per heavy atom. The first-order valence-electron chi connectivity index (χ1n) is 11.8. The molecule has 1 aromatic heterocycles. The molecule has 9 heteroatoms. The van der Waals surface area contributed by atoms with Crippen molar-refractivity contribution in [3.8, 4) is 0 Å². The van der Waals surface area contributed by atoms with Gasteiger partial charge in [-0.2, -0.15) is 0 Å². The number of alkyl halides is 2. The van der Waals surface area contributed by atoms with Crippen LogP contribution in [0, 0.1) is 5.92 Å². The quantitative estimate of drug-likeness (QED) is 0.308. The van der Waals surface area contributed by atoms with Crippen LogP contribution in [0.2, 0.25) is 0 Å². The summed E-state index contributed by atoms with van der Waals surface area (Å²) >= 11 is 0. The SMILES string of the molecule is C/C=C(/NC)C(=NC)C(=O)NC1CCN(c2ccccn2)CC1.C/C=C\CF.C=CC(C)C=O.CF. The van der Waals surface area contributed by atoms with Crippen LogP contribution in [0.3, 0.4) is 0 Å². The van der Waals surface area contributed by atoms with E-state index in [0.29, 0.717) is 12.9 Å². The average Bonchev–Trinajstić information content (AvgIpc) is 2.94. The standard InChI is InChI=1S/C17H25N5O.C5H8O.C4H7F.CH3F/c1-4-14(18-2)16(19-3)17(23)21-13-8-11-22(12-9-13)15-7-5-6-10-20-15;1-3-5(2)4-6;1-2-3-4-5;1-2/h4-7,10,13,18H,8-9,11-12H2,1-3H3,(H,21,23);3-5H,1H2,2H3;2-3H,4H2,1H3;1H3/b14-4+,19-16?;;3-2-;. The van der Waals surface area contributed by atoms with E-state index in [1.807, 2.05) is 37.4 Å². The van der Waals surface area contributed by atoms with Gasteiger partial charge >= 0.3 is 0 Å². The highest BCUT2D eigenvalue weighted by Crippen LogP contribution is 2.17. The normalized spacial score (nSPS) is 14.6. The molecule has 2 rings (SSSR count). The number of pyridine rings is 1. The molecular weight excluding hydrogens is 464 g/mol. The Morgan fingerprint density at radius 1 is 1.31 bits per heavy atom. The Hall–Kier alpha value is -3.36. The number of nitrogens with zero attached hydrogens (tertiary/aromatic N) is 3. The van der Waals surface area contributed by atoms with E-state index in [2.05, 4.69) is 32.1 Å². The van der Waals surface area contributed by atoms with Gasteiger partial charge in [0, 0.05) is 45.3 Å². The van der Waals surface area contributed by atoms with Crippen LogP contribution in [0.4, 0.5) is 14.6 Å². The molecule has 1 aliphatic rings. The number of amides is 1. The average molecular weight is 508 g/mol. The van der Waals surface area contributed by atoms with Crippen molar-refractivity contribution in [2.24, 2.45) is 10.9 Å². The summed E-state index contributed by atoms with van der Waals surface area (Å²) in [4.78, 5) is 32.8. The Labute approximate surface area is 215 Å². The number of aromatic nitrogens is 1. The number of carbonyl (C=O) groups excluding carboxylic acids is 2. The van der Waals surface area contributed by atoms with Crippen molar-refractivity contribution in [3.05, 3.63) is 61.0 Å². The highest BCUT2D eigenvalue weighted by atomic mass is 19.1. The molecule has 0 aromatic carbocycles. The van der Waals surface area contributed by atoms with Crippen molar-refractivity contribution in [1.82, 2.24) is 15.6 Å². The second-order valence-electron chi connectivity index (χ2n) is 7.40. The molecule has 0 saturated carbocycles. The molecule has 0 bridgehead atoms. The molecule has 1 amide bonds. The summed E-state index contributed by atoms with van der Waals surface area (Å²) in [6.45, 7) is 10.3.